The van der Waals surface area contributed by atoms with Crippen molar-refractivity contribution in [1.29, 1.82) is 5.41 Å². The summed E-state index contributed by atoms with van der Waals surface area (Å²) in [6.07, 6.45) is -1.35. The maximum absolute atomic E-state index is 11.2. The third-order valence-electron chi connectivity index (χ3n) is 1.79. The van der Waals surface area contributed by atoms with Crippen LogP contribution in [-0.4, -0.2) is 50.2 Å². The largest absolute Gasteiger partial charge is 0.862 e. The highest BCUT2D eigenvalue weighted by Gasteiger charge is 2.16. The fraction of sp³-hybridized carbons (Fsp3) is 0.667. The molecule has 0 aromatic carbocycles. The van der Waals surface area contributed by atoms with Gasteiger partial charge >= 0.3 is 17.9 Å². The molecule has 0 saturated carbocycles. The Balaban J connectivity index is 0. The Morgan fingerprint density at radius 1 is 1.05 bits per heavy atom. The Kier molecular flexibility index (Phi) is 12.9. The number of carbonyl (C=O) groups is 3. The smallest absolute Gasteiger partial charge is 0.306 e. The van der Waals surface area contributed by atoms with Gasteiger partial charge in [0.1, 0.15) is 13.2 Å². The highest BCUT2D eigenvalue weighted by Crippen LogP contribution is 1.99. The topological polar surface area (TPSA) is 150 Å². The van der Waals surface area contributed by atoms with Gasteiger partial charge in [-0.3, -0.25) is 14.4 Å². The molecular weight excluding hydrogens is 284 g/mol. The first-order valence-electron chi connectivity index (χ1n) is 6.02. The van der Waals surface area contributed by atoms with Crippen LogP contribution in [0.25, 0.3) is 5.73 Å². The Hall–Kier alpha value is -2.16. The highest BCUT2D eigenvalue weighted by molar-refractivity contribution is 5.76. The molecule has 122 valence electrons. The van der Waals surface area contributed by atoms with Crippen molar-refractivity contribution in [1.82, 2.24) is 0 Å². The standard InChI is InChI=1S/C11H17NO7.CH4N/c1-7(13)17-5-9(19-8(2)14)6-18-11(16)4-3-10(12)15;1-2/h9H,3-6H2,1-2H3,(H2,12,15);2H,1H3/q;-1/p-1. The molecule has 0 aromatic heterocycles. The van der Waals surface area contributed by atoms with Gasteiger partial charge in [0.15, 0.2) is 6.10 Å². The van der Waals surface area contributed by atoms with E-state index in [9.17, 15) is 19.5 Å². The number of hydrogen-bond donors (Lipinski definition) is 1. The Morgan fingerprint density at radius 2 is 1.57 bits per heavy atom. The zero-order valence-corrected chi connectivity index (χ0v) is 12.3. The summed E-state index contributed by atoms with van der Waals surface area (Å²) in [7, 11) is 1.25. The summed E-state index contributed by atoms with van der Waals surface area (Å²) >= 11 is 0. The number of esters is 3. The SMILES string of the molecule is CC(=O)OCC(COC(=O)CCC(=N)[O-])OC(C)=O.C[NH-]. The van der Waals surface area contributed by atoms with Gasteiger partial charge in [0.25, 0.3) is 0 Å². The number of ether oxygens (including phenoxy) is 3. The predicted octanol–water partition coefficient (Wildman–Crippen LogP) is -0.189. The molecule has 21 heavy (non-hydrogen) atoms. The molecule has 0 rings (SSSR count). The third kappa shape index (κ3) is 15.8. The maximum atomic E-state index is 11.2. The minimum atomic E-state index is -0.892. The summed E-state index contributed by atoms with van der Waals surface area (Å²) in [4.78, 5) is 32.6. The lowest BCUT2D eigenvalue weighted by atomic mass is 10.3. The van der Waals surface area contributed by atoms with Crippen molar-refractivity contribution in [2.24, 2.45) is 0 Å². The van der Waals surface area contributed by atoms with E-state index in [4.69, 9.17) is 20.6 Å². The van der Waals surface area contributed by atoms with E-state index in [1.54, 1.807) is 0 Å². The summed E-state index contributed by atoms with van der Waals surface area (Å²) in [5.41, 5.74) is 5.75. The van der Waals surface area contributed by atoms with Crippen LogP contribution < -0.4 is 5.11 Å². The van der Waals surface area contributed by atoms with Gasteiger partial charge in [-0.25, -0.2) is 0 Å². The maximum Gasteiger partial charge on any atom is 0.306 e. The summed E-state index contributed by atoms with van der Waals surface area (Å²) in [6, 6.07) is 0. The second-order valence-electron chi connectivity index (χ2n) is 3.64. The van der Waals surface area contributed by atoms with Crippen molar-refractivity contribution in [2.45, 2.75) is 32.8 Å². The zero-order valence-electron chi connectivity index (χ0n) is 12.3. The average Bonchev–Trinajstić information content (AvgIpc) is 2.41. The molecule has 0 aliphatic rings. The lowest BCUT2D eigenvalue weighted by Gasteiger charge is -2.16. The predicted molar refractivity (Wildman–Crippen MR) is 70.4 cm³/mol. The van der Waals surface area contributed by atoms with Crippen molar-refractivity contribution in [3.05, 3.63) is 5.73 Å². The number of carbonyl (C=O) groups excluding carboxylic acids is 3. The molecule has 0 bridgehead atoms. The minimum Gasteiger partial charge on any atom is -0.862 e. The fourth-order valence-electron chi connectivity index (χ4n) is 1.03. The quantitative estimate of drug-likeness (QED) is 0.282. The minimum absolute atomic E-state index is 0.220. The molecule has 0 spiro atoms. The van der Waals surface area contributed by atoms with Gasteiger partial charge in [-0.2, -0.15) is 7.05 Å². The highest BCUT2D eigenvalue weighted by atomic mass is 16.6. The van der Waals surface area contributed by atoms with Gasteiger partial charge in [0.2, 0.25) is 0 Å². The molecule has 0 heterocycles. The number of nitrogens with one attached hydrogen (secondary N) is 2. The van der Waals surface area contributed by atoms with Gasteiger partial charge in [-0.1, -0.05) is 0 Å². The van der Waals surface area contributed by atoms with Crippen LogP contribution >= 0.6 is 0 Å². The van der Waals surface area contributed by atoms with Crippen LogP contribution in [0.15, 0.2) is 0 Å². The molecule has 0 saturated heterocycles. The average molecular weight is 304 g/mol. The Labute approximate surface area is 122 Å². The molecule has 0 amide bonds. The van der Waals surface area contributed by atoms with Gasteiger partial charge in [0, 0.05) is 20.3 Å². The lowest BCUT2D eigenvalue weighted by Crippen LogP contribution is -2.30. The third-order valence-corrected chi connectivity index (χ3v) is 1.79. The molecule has 0 aromatic rings. The number of rotatable bonds is 8. The summed E-state index contributed by atoms with van der Waals surface area (Å²) in [5.74, 6) is -2.72. The van der Waals surface area contributed by atoms with E-state index in [2.05, 4.69) is 4.74 Å². The molecule has 0 fully saturated rings. The van der Waals surface area contributed by atoms with Gasteiger partial charge in [0.05, 0.1) is 0 Å². The van der Waals surface area contributed by atoms with E-state index in [1.165, 1.54) is 20.9 Å². The molecule has 2 N–H and O–H groups in total. The van der Waals surface area contributed by atoms with Gasteiger partial charge in [-0.05, 0) is 12.3 Å². The summed E-state index contributed by atoms with van der Waals surface area (Å²) < 4.78 is 14.2. The van der Waals surface area contributed by atoms with Crippen LogP contribution in [0.3, 0.4) is 0 Å². The van der Waals surface area contributed by atoms with E-state index < -0.39 is 29.9 Å². The molecule has 9 nitrogen and oxygen atoms in total. The zero-order chi connectivity index (χ0) is 16.8. The van der Waals surface area contributed by atoms with Crippen LogP contribution in [0.1, 0.15) is 26.7 Å². The van der Waals surface area contributed by atoms with Crippen LogP contribution in [0, 0.1) is 5.41 Å². The molecular formula is C12H20N2O7-2. The molecule has 0 radical (unpaired) electrons. The van der Waals surface area contributed by atoms with Crippen molar-refractivity contribution < 1.29 is 33.7 Å². The van der Waals surface area contributed by atoms with Crippen molar-refractivity contribution in [3.63, 3.8) is 0 Å². The molecule has 1 unspecified atom stereocenters. The van der Waals surface area contributed by atoms with Crippen molar-refractivity contribution >= 4 is 23.8 Å². The lowest BCUT2D eigenvalue weighted by molar-refractivity contribution is -0.220. The van der Waals surface area contributed by atoms with E-state index >= 15 is 0 Å². The van der Waals surface area contributed by atoms with Crippen LogP contribution in [0.2, 0.25) is 0 Å². The van der Waals surface area contributed by atoms with Gasteiger partial charge < -0.3 is 30.5 Å². The van der Waals surface area contributed by atoms with E-state index in [0.29, 0.717) is 0 Å². The first-order valence-corrected chi connectivity index (χ1v) is 6.02. The van der Waals surface area contributed by atoms with Crippen LogP contribution in [0.4, 0.5) is 0 Å². The van der Waals surface area contributed by atoms with E-state index in [-0.39, 0.29) is 26.1 Å². The van der Waals surface area contributed by atoms with E-state index in [0.717, 1.165) is 0 Å². The molecule has 1 atom stereocenters. The van der Waals surface area contributed by atoms with Crippen LogP contribution in [0.5, 0.6) is 0 Å². The van der Waals surface area contributed by atoms with Crippen molar-refractivity contribution in [2.75, 3.05) is 20.3 Å². The first kappa shape index (κ1) is 21.1. The number of hydrogen-bond acceptors (Lipinski definition) is 8. The molecule has 0 aliphatic heterocycles. The van der Waals surface area contributed by atoms with Crippen molar-refractivity contribution in [3.8, 4) is 0 Å². The fourth-order valence-corrected chi connectivity index (χ4v) is 1.03. The Bertz CT molecular complexity index is 358. The monoisotopic (exact) mass is 304 g/mol. The molecule has 0 aliphatic carbocycles. The summed E-state index contributed by atoms with van der Waals surface area (Å²) in [6.45, 7) is 1.86. The second kappa shape index (κ2) is 12.9. The molecule has 9 heteroatoms. The van der Waals surface area contributed by atoms with Gasteiger partial charge in [-0.15, -0.1) is 0 Å². The van der Waals surface area contributed by atoms with Crippen LogP contribution in [-0.2, 0) is 28.6 Å². The summed E-state index contributed by atoms with van der Waals surface area (Å²) in [5, 5.41) is 17.0. The second-order valence-corrected chi connectivity index (χ2v) is 3.64. The first-order chi connectivity index (χ1) is 9.81. The van der Waals surface area contributed by atoms with E-state index in [1.807, 2.05) is 0 Å². The normalized spacial score (nSPS) is 10.5. The Morgan fingerprint density at radius 3 is 2.00 bits per heavy atom.